The maximum absolute atomic E-state index is 9.50. The van der Waals surface area contributed by atoms with E-state index >= 15 is 0 Å². The largest absolute Gasteiger partial charge is 0.489 e. The fourth-order valence-electron chi connectivity index (χ4n) is 2.36. The summed E-state index contributed by atoms with van der Waals surface area (Å²) in [5.41, 5.74) is 4.12. The predicted molar refractivity (Wildman–Crippen MR) is 84.9 cm³/mol. The molecule has 0 unspecified atom stereocenters. The lowest BCUT2D eigenvalue weighted by molar-refractivity contribution is 0.426. The summed E-state index contributed by atoms with van der Waals surface area (Å²) in [7, 11) is -1.49. The Morgan fingerprint density at radius 1 is 0.762 bits per heavy atom. The minimum absolute atomic E-state index is 0.496. The highest BCUT2D eigenvalue weighted by atomic mass is 16.4. The first-order valence-electron chi connectivity index (χ1n) is 6.72. The standard InChI is InChI=1S/C17H14BNO2/c20-18(21)16-9-2-1-8-15(16)13-6-5-7-14(12-13)17-10-3-4-11-19-17/h1-12,20-21H. The van der Waals surface area contributed by atoms with E-state index in [-0.39, 0.29) is 0 Å². The highest BCUT2D eigenvalue weighted by Crippen LogP contribution is 2.24. The Labute approximate surface area is 123 Å². The minimum atomic E-state index is -1.49. The van der Waals surface area contributed by atoms with Gasteiger partial charge in [0.25, 0.3) is 0 Å². The summed E-state index contributed by atoms with van der Waals surface area (Å²) in [6.07, 6.45) is 1.76. The van der Waals surface area contributed by atoms with Gasteiger partial charge in [0.05, 0.1) is 5.69 Å². The molecule has 2 aromatic carbocycles. The summed E-state index contributed by atoms with van der Waals surface area (Å²) in [6.45, 7) is 0. The van der Waals surface area contributed by atoms with E-state index in [1.807, 2.05) is 54.6 Å². The van der Waals surface area contributed by atoms with E-state index < -0.39 is 7.12 Å². The molecule has 3 nitrogen and oxygen atoms in total. The summed E-state index contributed by atoms with van der Waals surface area (Å²) in [6, 6.07) is 20.9. The molecule has 2 N–H and O–H groups in total. The Bertz CT molecular complexity index is 745. The van der Waals surface area contributed by atoms with Crippen LogP contribution in [0.5, 0.6) is 0 Å². The second kappa shape index (κ2) is 5.91. The van der Waals surface area contributed by atoms with E-state index in [0.717, 1.165) is 22.4 Å². The SMILES string of the molecule is OB(O)c1ccccc1-c1cccc(-c2ccccn2)c1. The molecule has 1 heterocycles. The van der Waals surface area contributed by atoms with Crippen LogP contribution in [0, 0.1) is 0 Å². The van der Waals surface area contributed by atoms with Crippen LogP contribution in [-0.2, 0) is 0 Å². The molecular formula is C17H14BNO2. The number of hydrogen-bond donors (Lipinski definition) is 2. The third-order valence-electron chi connectivity index (χ3n) is 3.37. The predicted octanol–water partition coefficient (Wildman–Crippen LogP) is 2.10. The highest BCUT2D eigenvalue weighted by Gasteiger charge is 2.16. The average molecular weight is 275 g/mol. The van der Waals surface area contributed by atoms with Crippen molar-refractivity contribution in [1.82, 2.24) is 4.98 Å². The van der Waals surface area contributed by atoms with Crippen LogP contribution in [0.4, 0.5) is 0 Å². The maximum atomic E-state index is 9.50. The lowest BCUT2D eigenvalue weighted by Crippen LogP contribution is -2.31. The van der Waals surface area contributed by atoms with Crippen molar-refractivity contribution in [3.05, 3.63) is 72.9 Å². The van der Waals surface area contributed by atoms with Crippen LogP contribution in [0.1, 0.15) is 0 Å². The Morgan fingerprint density at radius 2 is 1.52 bits per heavy atom. The highest BCUT2D eigenvalue weighted by molar-refractivity contribution is 6.60. The molecule has 4 heteroatoms. The van der Waals surface area contributed by atoms with Gasteiger partial charge in [-0.15, -0.1) is 0 Å². The second-order valence-corrected chi connectivity index (χ2v) is 4.76. The number of rotatable bonds is 3. The van der Waals surface area contributed by atoms with Crippen molar-refractivity contribution in [2.75, 3.05) is 0 Å². The molecule has 0 saturated heterocycles. The third-order valence-corrected chi connectivity index (χ3v) is 3.37. The molecule has 0 amide bonds. The Balaban J connectivity index is 2.09. The maximum Gasteiger partial charge on any atom is 0.489 e. The first-order chi connectivity index (χ1) is 10.3. The minimum Gasteiger partial charge on any atom is -0.423 e. The molecule has 3 aromatic rings. The van der Waals surface area contributed by atoms with E-state index in [4.69, 9.17) is 0 Å². The summed E-state index contributed by atoms with van der Waals surface area (Å²) < 4.78 is 0. The van der Waals surface area contributed by atoms with Crippen LogP contribution >= 0.6 is 0 Å². The normalized spacial score (nSPS) is 10.4. The monoisotopic (exact) mass is 275 g/mol. The Morgan fingerprint density at radius 3 is 2.29 bits per heavy atom. The van der Waals surface area contributed by atoms with Gasteiger partial charge in [0.1, 0.15) is 0 Å². The molecule has 0 atom stereocenters. The van der Waals surface area contributed by atoms with Gasteiger partial charge in [0.15, 0.2) is 0 Å². The number of nitrogens with zero attached hydrogens (tertiary/aromatic N) is 1. The second-order valence-electron chi connectivity index (χ2n) is 4.76. The van der Waals surface area contributed by atoms with E-state index in [1.54, 1.807) is 18.3 Å². The van der Waals surface area contributed by atoms with Gasteiger partial charge in [-0.3, -0.25) is 4.98 Å². The Kier molecular flexibility index (Phi) is 3.82. The fourth-order valence-corrected chi connectivity index (χ4v) is 2.36. The molecule has 0 bridgehead atoms. The van der Waals surface area contributed by atoms with Crippen molar-refractivity contribution in [3.8, 4) is 22.4 Å². The summed E-state index contributed by atoms with van der Waals surface area (Å²) in [5.74, 6) is 0. The molecule has 0 spiro atoms. The molecule has 0 aliphatic heterocycles. The summed E-state index contributed by atoms with van der Waals surface area (Å²) in [5, 5.41) is 19.0. The molecule has 0 aliphatic rings. The van der Waals surface area contributed by atoms with Gasteiger partial charge in [0, 0.05) is 11.8 Å². The van der Waals surface area contributed by atoms with Crippen molar-refractivity contribution in [2.45, 2.75) is 0 Å². The van der Waals surface area contributed by atoms with E-state index in [1.165, 1.54) is 0 Å². The van der Waals surface area contributed by atoms with E-state index in [9.17, 15) is 10.0 Å². The van der Waals surface area contributed by atoms with Crippen LogP contribution in [0.3, 0.4) is 0 Å². The number of aromatic nitrogens is 1. The van der Waals surface area contributed by atoms with Gasteiger partial charge in [-0.1, -0.05) is 48.5 Å². The van der Waals surface area contributed by atoms with Crippen LogP contribution < -0.4 is 5.46 Å². The van der Waals surface area contributed by atoms with Gasteiger partial charge in [-0.2, -0.15) is 0 Å². The van der Waals surface area contributed by atoms with Gasteiger partial charge >= 0.3 is 7.12 Å². The van der Waals surface area contributed by atoms with Crippen molar-refractivity contribution in [2.24, 2.45) is 0 Å². The van der Waals surface area contributed by atoms with Crippen molar-refractivity contribution < 1.29 is 10.0 Å². The van der Waals surface area contributed by atoms with Crippen molar-refractivity contribution in [3.63, 3.8) is 0 Å². The molecule has 0 saturated carbocycles. The van der Waals surface area contributed by atoms with Gasteiger partial charge in [0.2, 0.25) is 0 Å². The molecule has 0 aliphatic carbocycles. The number of pyridine rings is 1. The summed E-state index contributed by atoms with van der Waals surface area (Å²) >= 11 is 0. The first kappa shape index (κ1) is 13.6. The topological polar surface area (TPSA) is 53.4 Å². The lowest BCUT2D eigenvalue weighted by Gasteiger charge is -2.10. The molecule has 1 aromatic heterocycles. The van der Waals surface area contributed by atoms with Crippen molar-refractivity contribution in [1.29, 1.82) is 0 Å². The molecule has 21 heavy (non-hydrogen) atoms. The van der Waals surface area contributed by atoms with Gasteiger partial charge < -0.3 is 10.0 Å². The Hall–Kier alpha value is -2.43. The van der Waals surface area contributed by atoms with Crippen molar-refractivity contribution >= 4 is 12.6 Å². The number of benzene rings is 2. The zero-order valence-corrected chi connectivity index (χ0v) is 11.3. The fraction of sp³-hybridized carbons (Fsp3) is 0. The molecule has 0 radical (unpaired) electrons. The molecular weight excluding hydrogens is 261 g/mol. The van der Waals surface area contributed by atoms with E-state index in [2.05, 4.69) is 4.98 Å². The van der Waals surface area contributed by atoms with Crippen LogP contribution in [0.25, 0.3) is 22.4 Å². The van der Waals surface area contributed by atoms with Crippen LogP contribution in [0.2, 0.25) is 0 Å². The smallest absolute Gasteiger partial charge is 0.423 e. The van der Waals surface area contributed by atoms with Crippen LogP contribution in [0.15, 0.2) is 72.9 Å². The van der Waals surface area contributed by atoms with Gasteiger partial charge in [-0.05, 0) is 34.8 Å². The number of hydrogen-bond acceptors (Lipinski definition) is 3. The quantitative estimate of drug-likeness (QED) is 0.720. The molecule has 0 fully saturated rings. The molecule has 3 rings (SSSR count). The molecule has 102 valence electrons. The third kappa shape index (κ3) is 2.87. The summed E-state index contributed by atoms with van der Waals surface area (Å²) in [4.78, 5) is 4.34. The van der Waals surface area contributed by atoms with E-state index in [0.29, 0.717) is 5.46 Å². The lowest BCUT2D eigenvalue weighted by atomic mass is 9.75. The van der Waals surface area contributed by atoms with Crippen LogP contribution in [-0.4, -0.2) is 22.2 Å². The van der Waals surface area contributed by atoms with Gasteiger partial charge in [-0.25, -0.2) is 0 Å². The average Bonchev–Trinajstić information content (AvgIpc) is 2.56. The zero-order valence-electron chi connectivity index (χ0n) is 11.3. The first-order valence-corrected chi connectivity index (χ1v) is 6.72. The zero-order chi connectivity index (χ0) is 14.7.